The second kappa shape index (κ2) is 18.8. The zero-order valence-corrected chi connectivity index (χ0v) is 16.8. The molecule has 0 aliphatic carbocycles. The molecule has 0 aromatic carbocycles. The number of nitrogens with two attached hydrogens (primary N) is 1. The van der Waals surface area contributed by atoms with Crippen LogP contribution in [0, 0.1) is 5.92 Å². The van der Waals surface area contributed by atoms with E-state index in [0.29, 0.717) is 0 Å². The molecule has 2 heteroatoms. The summed E-state index contributed by atoms with van der Waals surface area (Å²) in [5.41, 5.74) is 5.59. The smallest absolute Gasteiger partial charge is 0.220 e. The van der Waals surface area contributed by atoms with Crippen LogP contribution in [0.15, 0.2) is 0 Å². The van der Waals surface area contributed by atoms with E-state index in [1.807, 2.05) is 0 Å². The summed E-state index contributed by atoms with van der Waals surface area (Å²) in [7, 11) is 0. The Bertz CT molecular complexity index is 265. The molecule has 0 heterocycles. The van der Waals surface area contributed by atoms with Gasteiger partial charge in [0.2, 0.25) is 5.91 Å². The fourth-order valence-electron chi connectivity index (χ4n) is 3.48. The standard InChI is InChI=1S/C22H45NO/c1-3-5-7-9-11-12-14-16-18-20-21(22(23)24)19-17-15-13-10-8-6-4-2/h21H,3-20H2,1-2H3,(H2,23,24). The Balaban J connectivity index is 3.48. The number of carbonyl (C=O) groups excluding carboxylic acids is 1. The van der Waals surface area contributed by atoms with Crippen LogP contribution < -0.4 is 5.73 Å². The molecule has 0 saturated heterocycles. The minimum Gasteiger partial charge on any atom is -0.369 e. The van der Waals surface area contributed by atoms with Gasteiger partial charge >= 0.3 is 0 Å². The average Bonchev–Trinajstić information content (AvgIpc) is 2.57. The normalized spacial score (nSPS) is 12.4. The summed E-state index contributed by atoms with van der Waals surface area (Å²) in [5, 5.41) is 0. The molecule has 144 valence electrons. The van der Waals surface area contributed by atoms with Crippen molar-refractivity contribution in [3.8, 4) is 0 Å². The molecule has 0 aliphatic rings. The molecule has 2 N–H and O–H groups in total. The van der Waals surface area contributed by atoms with E-state index in [2.05, 4.69) is 13.8 Å². The molecule has 2 nitrogen and oxygen atoms in total. The third-order valence-corrected chi connectivity index (χ3v) is 5.21. The van der Waals surface area contributed by atoms with Crippen LogP contribution in [0.3, 0.4) is 0 Å². The van der Waals surface area contributed by atoms with E-state index in [4.69, 9.17) is 5.73 Å². The lowest BCUT2D eigenvalue weighted by atomic mass is 9.93. The Hall–Kier alpha value is -0.530. The van der Waals surface area contributed by atoms with Gasteiger partial charge in [-0.2, -0.15) is 0 Å². The van der Waals surface area contributed by atoms with Gasteiger partial charge in [0.1, 0.15) is 0 Å². The molecule has 0 fully saturated rings. The van der Waals surface area contributed by atoms with Gasteiger partial charge in [-0.25, -0.2) is 0 Å². The molecule has 0 aliphatic heterocycles. The quantitative estimate of drug-likeness (QED) is 0.249. The topological polar surface area (TPSA) is 43.1 Å². The van der Waals surface area contributed by atoms with Gasteiger partial charge in [0.05, 0.1) is 0 Å². The first-order valence-corrected chi connectivity index (χ1v) is 11.0. The van der Waals surface area contributed by atoms with Crippen LogP contribution >= 0.6 is 0 Å². The predicted molar refractivity (Wildman–Crippen MR) is 107 cm³/mol. The zero-order valence-electron chi connectivity index (χ0n) is 16.8. The van der Waals surface area contributed by atoms with Gasteiger partial charge < -0.3 is 5.73 Å². The summed E-state index contributed by atoms with van der Waals surface area (Å²) in [6.07, 6.45) is 23.2. The average molecular weight is 340 g/mol. The first kappa shape index (κ1) is 23.5. The van der Waals surface area contributed by atoms with E-state index >= 15 is 0 Å². The maximum atomic E-state index is 11.6. The maximum Gasteiger partial charge on any atom is 0.220 e. The van der Waals surface area contributed by atoms with E-state index in [0.717, 1.165) is 12.8 Å². The SMILES string of the molecule is CCCCCCCCCCCC(CCCCCCCCC)C(N)=O. The van der Waals surface area contributed by atoms with Crippen molar-refractivity contribution in [2.75, 3.05) is 0 Å². The highest BCUT2D eigenvalue weighted by molar-refractivity contribution is 5.76. The van der Waals surface area contributed by atoms with E-state index < -0.39 is 0 Å². The van der Waals surface area contributed by atoms with Crippen LogP contribution in [-0.4, -0.2) is 5.91 Å². The van der Waals surface area contributed by atoms with Gasteiger partial charge in [0.15, 0.2) is 0 Å². The molecule has 1 unspecified atom stereocenters. The number of amides is 1. The summed E-state index contributed by atoms with van der Waals surface area (Å²) in [6, 6.07) is 0. The number of hydrogen-bond donors (Lipinski definition) is 1. The van der Waals surface area contributed by atoms with Crippen molar-refractivity contribution in [3.05, 3.63) is 0 Å². The second-order valence-electron chi connectivity index (χ2n) is 7.63. The van der Waals surface area contributed by atoms with Crippen molar-refractivity contribution in [1.29, 1.82) is 0 Å². The largest absolute Gasteiger partial charge is 0.369 e. The molecule has 0 rings (SSSR count). The maximum absolute atomic E-state index is 11.6. The summed E-state index contributed by atoms with van der Waals surface area (Å²) < 4.78 is 0. The zero-order chi connectivity index (χ0) is 17.9. The third kappa shape index (κ3) is 16.3. The van der Waals surface area contributed by atoms with Gasteiger partial charge in [0.25, 0.3) is 0 Å². The fraction of sp³-hybridized carbons (Fsp3) is 0.955. The van der Waals surface area contributed by atoms with Crippen molar-refractivity contribution < 1.29 is 4.79 Å². The molecule has 24 heavy (non-hydrogen) atoms. The van der Waals surface area contributed by atoms with Crippen LogP contribution in [0.1, 0.15) is 129 Å². The highest BCUT2D eigenvalue weighted by atomic mass is 16.1. The van der Waals surface area contributed by atoms with Gasteiger partial charge in [-0.15, -0.1) is 0 Å². The third-order valence-electron chi connectivity index (χ3n) is 5.21. The summed E-state index contributed by atoms with van der Waals surface area (Å²) in [5.74, 6) is 0.0609. The van der Waals surface area contributed by atoms with E-state index in [9.17, 15) is 4.79 Å². The first-order chi connectivity index (χ1) is 11.7. The van der Waals surface area contributed by atoms with E-state index in [-0.39, 0.29) is 11.8 Å². The first-order valence-electron chi connectivity index (χ1n) is 11.0. The van der Waals surface area contributed by atoms with Gasteiger partial charge in [-0.1, -0.05) is 117 Å². The summed E-state index contributed by atoms with van der Waals surface area (Å²) in [6.45, 7) is 4.52. The summed E-state index contributed by atoms with van der Waals surface area (Å²) in [4.78, 5) is 11.6. The highest BCUT2D eigenvalue weighted by Crippen LogP contribution is 2.19. The van der Waals surface area contributed by atoms with Crippen molar-refractivity contribution in [2.45, 2.75) is 129 Å². The van der Waals surface area contributed by atoms with Crippen molar-refractivity contribution in [1.82, 2.24) is 0 Å². The van der Waals surface area contributed by atoms with Crippen LogP contribution in [0.5, 0.6) is 0 Å². The number of primary amides is 1. The predicted octanol–water partition coefficient (Wildman–Crippen LogP) is 7.15. The van der Waals surface area contributed by atoms with Gasteiger partial charge in [-0.3, -0.25) is 4.79 Å². The van der Waals surface area contributed by atoms with Crippen LogP contribution in [0.2, 0.25) is 0 Å². The van der Waals surface area contributed by atoms with Crippen LogP contribution in [0.25, 0.3) is 0 Å². The monoisotopic (exact) mass is 339 g/mol. The molecule has 0 bridgehead atoms. The molecule has 0 spiro atoms. The Morgan fingerprint density at radius 3 is 1.17 bits per heavy atom. The lowest BCUT2D eigenvalue weighted by Crippen LogP contribution is -2.23. The van der Waals surface area contributed by atoms with Crippen molar-refractivity contribution in [2.24, 2.45) is 11.7 Å². The minimum absolute atomic E-state index is 0.0689. The van der Waals surface area contributed by atoms with E-state index in [1.165, 1.54) is 103 Å². The fourth-order valence-corrected chi connectivity index (χ4v) is 3.48. The second-order valence-corrected chi connectivity index (χ2v) is 7.63. The Morgan fingerprint density at radius 1 is 0.583 bits per heavy atom. The van der Waals surface area contributed by atoms with Crippen molar-refractivity contribution in [3.63, 3.8) is 0 Å². The molecule has 1 atom stereocenters. The number of unbranched alkanes of at least 4 members (excludes halogenated alkanes) is 14. The number of hydrogen-bond acceptors (Lipinski definition) is 1. The van der Waals surface area contributed by atoms with E-state index in [1.54, 1.807) is 0 Å². The Kier molecular flexibility index (Phi) is 18.4. The molecule has 1 amide bonds. The minimum atomic E-state index is -0.0689. The Labute approximate surface area is 152 Å². The molecule has 0 saturated carbocycles. The highest BCUT2D eigenvalue weighted by Gasteiger charge is 2.14. The molecular formula is C22H45NO. The summed E-state index contributed by atoms with van der Waals surface area (Å²) >= 11 is 0. The van der Waals surface area contributed by atoms with Crippen molar-refractivity contribution >= 4 is 5.91 Å². The number of carbonyl (C=O) groups is 1. The van der Waals surface area contributed by atoms with Crippen LogP contribution in [-0.2, 0) is 4.79 Å². The number of rotatable bonds is 19. The van der Waals surface area contributed by atoms with Gasteiger partial charge in [-0.05, 0) is 12.8 Å². The van der Waals surface area contributed by atoms with Gasteiger partial charge in [0, 0.05) is 5.92 Å². The molecule has 0 aromatic rings. The Morgan fingerprint density at radius 2 is 0.875 bits per heavy atom. The lowest BCUT2D eigenvalue weighted by molar-refractivity contribution is -0.122. The molecule has 0 radical (unpaired) electrons. The van der Waals surface area contributed by atoms with Crippen LogP contribution in [0.4, 0.5) is 0 Å². The lowest BCUT2D eigenvalue weighted by Gasteiger charge is -2.13. The molecular weight excluding hydrogens is 294 g/mol. The molecule has 0 aromatic heterocycles.